The van der Waals surface area contributed by atoms with Gasteiger partial charge >= 0.3 is 0 Å². The molecule has 0 unspecified atom stereocenters. The van der Waals surface area contributed by atoms with Crippen molar-refractivity contribution in [2.45, 2.75) is 38.1 Å². The molecule has 1 aromatic carbocycles. The first-order chi connectivity index (χ1) is 10.7. The van der Waals surface area contributed by atoms with Crippen molar-refractivity contribution in [1.82, 2.24) is 10.3 Å². The van der Waals surface area contributed by atoms with Crippen LogP contribution in [0.25, 0.3) is 10.9 Å². The van der Waals surface area contributed by atoms with Crippen LogP contribution in [0.15, 0.2) is 34.8 Å². The average molecular weight is 362 g/mol. The summed E-state index contributed by atoms with van der Waals surface area (Å²) in [6.45, 7) is 0.599. The van der Waals surface area contributed by atoms with Crippen LogP contribution in [0.3, 0.4) is 0 Å². The van der Waals surface area contributed by atoms with Gasteiger partial charge in [0.05, 0.1) is 5.52 Å². The lowest BCUT2D eigenvalue weighted by Crippen LogP contribution is -2.33. The van der Waals surface area contributed by atoms with E-state index in [1.165, 1.54) is 12.8 Å². The number of fused-ring (bicyclic) bond motifs is 1. The number of rotatable bonds is 5. The van der Waals surface area contributed by atoms with Crippen LogP contribution in [0, 0.1) is 0 Å². The van der Waals surface area contributed by atoms with E-state index in [4.69, 9.17) is 0 Å². The number of carbonyl (C=O) groups is 1. The van der Waals surface area contributed by atoms with Gasteiger partial charge in [-0.3, -0.25) is 4.79 Å². The van der Waals surface area contributed by atoms with Gasteiger partial charge < -0.3 is 10.6 Å². The molecule has 0 radical (unpaired) electrons. The summed E-state index contributed by atoms with van der Waals surface area (Å²) < 4.78 is 0.979. The van der Waals surface area contributed by atoms with Gasteiger partial charge in [0.15, 0.2) is 0 Å². The Labute approximate surface area is 138 Å². The number of nitrogens with one attached hydrogen (secondary N) is 2. The Morgan fingerprint density at radius 3 is 2.86 bits per heavy atom. The molecule has 22 heavy (non-hydrogen) atoms. The van der Waals surface area contributed by atoms with Gasteiger partial charge in [-0.05, 0) is 47.0 Å². The van der Waals surface area contributed by atoms with E-state index in [0.717, 1.165) is 34.0 Å². The summed E-state index contributed by atoms with van der Waals surface area (Å²) >= 11 is 3.52. The van der Waals surface area contributed by atoms with E-state index < -0.39 is 0 Å². The monoisotopic (exact) mass is 361 g/mol. The minimum absolute atomic E-state index is 0.126. The van der Waals surface area contributed by atoms with E-state index in [9.17, 15) is 4.79 Å². The lowest BCUT2D eigenvalue weighted by atomic mass is 10.2. The molecular formula is C17H20BrN3O. The molecule has 3 rings (SSSR count). The molecule has 0 bridgehead atoms. The molecule has 1 aliphatic rings. The van der Waals surface area contributed by atoms with Crippen molar-refractivity contribution in [3.63, 3.8) is 0 Å². The first-order valence-electron chi connectivity index (χ1n) is 7.81. The second-order valence-corrected chi connectivity index (χ2v) is 6.59. The number of hydrogen-bond donors (Lipinski definition) is 2. The van der Waals surface area contributed by atoms with Crippen molar-refractivity contribution in [3.8, 4) is 0 Å². The highest BCUT2D eigenvalue weighted by atomic mass is 79.9. The van der Waals surface area contributed by atoms with Crippen LogP contribution in [0.1, 0.15) is 32.1 Å². The summed E-state index contributed by atoms with van der Waals surface area (Å²) in [5.41, 5.74) is 0.933. The average Bonchev–Trinajstić information content (AvgIpc) is 3.01. The fourth-order valence-corrected chi connectivity index (χ4v) is 3.35. The molecule has 1 saturated carbocycles. The quantitative estimate of drug-likeness (QED) is 0.849. The van der Waals surface area contributed by atoms with Gasteiger partial charge in [0.1, 0.15) is 5.82 Å². The number of hydrogen-bond acceptors (Lipinski definition) is 3. The first kappa shape index (κ1) is 15.3. The normalized spacial score (nSPS) is 15.1. The number of carbonyl (C=O) groups excluding carboxylic acids is 1. The number of benzene rings is 1. The Balaban J connectivity index is 1.53. The minimum Gasteiger partial charge on any atom is -0.370 e. The molecule has 1 aromatic heterocycles. The van der Waals surface area contributed by atoms with Crippen LogP contribution in [0.4, 0.5) is 5.82 Å². The topological polar surface area (TPSA) is 54.0 Å². The lowest BCUT2D eigenvalue weighted by molar-refractivity contribution is -0.121. The molecule has 4 nitrogen and oxygen atoms in total. The van der Waals surface area contributed by atoms with Crippen molar-refractivity contribution in [2.24, 2.45) is 0 Å². The lowest BCUT2D eigenvalue weighted by Gasteiger charge is -2.12. The largest absolute Gasteiger partial charge is 0.370 e. The maximum atomic E-state index is 11.9. The Kier molecular flexibility index (Phi) is 4.93. The molecule has 1 amide bonds. The number of amides is 1. The van der Waals surface area contributed by atoms with Gasteiger partial charge in [-0.25, -0.2) is 4.98 Å². The fourth-order valence-electron chi connectivity index (χ4n) is 2.88. The van der Waals surface area contributed by atoms with Gasteiger partial charge in [0, 0.05) is 28.9 Å². The molecule has 1 aliphatic carbocycles. The standard InChI is InChI=1S/C17H20BrN3O/c18-14-7-3-4-12-8-9-15(21-17(12)14)19-11-10-16(22)20-13-5-1-2-6-13/h3-4,7-9,13H,1-2,5-6,10-11H2,(H,19,21)(H,20,22). The van der Waals surface area contributed by atoms with Crippen molar-refractivity contribution in [2.75, 3.05) is 11.9 Å². The Bertz CT molecular complexity index is 668. The number of halogens is 1. The van der Waals surface area contributed by atoms with Gasteiger partial charge in [0.25, 0.3) is 0 Å². The number of pyridine rings is 1. The molecule has 1 fully saturated rings. The number of nitrogens with zero attached hydrogens (tertiary/aromatic N) is 1. The van der Waals surface area contributed by atoms with E-state index >= 15 is 0 Å². The van der Waals surface area contributed by atoms with Crippen LogP contribution >= 0.6 is 15.9 Å². The summed E-state index contributed by atoms with van der Waals surface area (Å²) in [6.07, 6.45) is 5.20. The van der Waals surface area contributed by atoms with E-state index in [0.29, 0.717) is 19.0 Å². The maximum absolute atomic E-state index is 11.9. The van der Waals surface area contributed by atoms with E-state index in [1.54, 1.807) is 0 Å². The molecule has 5 heteroatoms. The smallest absolute Gasteiger partial charge is 0.221 e. The van der Waals surface area contributed by atoms with E-state index in [-0.39, 0.29) is 5.91 Å². The summed E-state index contributed by atoms with van der Waals surface area (Å²) in [6, 6.07) is 10.4. The van der Waals surface area contributed by atoms with Crippen LogP contribution in [0.5, 0.6) is 0 Å². The first-order valence-corrected chi connectivity index (χ1v) is 8.60. The number of para-hydroxylation sites is 1. The second kappa shape index (κ2) is 7.09. The van der Waals surface area contributed by atoms with Crippen LogP contribution < -0.4 is 10.6 Å². The van der Waals surface area contributed by atoms with Crippen molar-refractivity contribution in [1.29, 1.82) is 0 Å². The van der Waals surface area contributed by atoms with Crippen LogP contribution in [-0.2, 0) is 4.79 Å². The minimum atomic E-state index is 0.126. The summed E-state index contributed by atoms with van der Waals surface area (Å²) in [4.78, 5) is 16.5. The maximum Gasteiger partial charge on any atom is 0.221 e. The predicted molar refractivity (Wildman–Crippen MR) is 92.9 cm³/mol. The van der Waals surface area contributed by atoms with Crippen molar-refractivity contribution >= 4 is 38.6 Å². The van der Waals surface area contributed by atoms with E-state index in [1.807, 2.05) is 30.3 Å². The molecule has 2 aromatic rings. The van der Waals surface area contributed by atoms with Crippen molar-refractivity contribution < 1.29 is 4.79 Å². The van der Waals surface area contributed by atoms with Gasteiger partial charge in [-0.2, -0.15) is 0 Å². The molecule has 2 N–H and O–H groups in total. The van der Waals surface area contributed by atoms with Crippen LogP contribution in [-0.4, -0.2) is 23.5 Å². The molecular weight excluding hydrogens is 342 g/mol. The van der Waals surface area contributed by atoms with Gasteiger partial charge in [-0.15, -0.1) is 0 Å². The van der Waals surface area contributed by atoms with E-state index in [2.05, 4.69) is 31.5 Å². The Morgan fingerprint density at radius 2 is 2.05 bits per heavy atom. The highest BCUT2D eigenvalue weighted by Gasteiger charge is 2.16. The van der Waals surface area contributed by atoms with Crippen LogP contribution in [0.2, 0.25) is 0 Å². The third-order valence-electron chi connectivity index (χ3n) is 4.05. The summed E-state index contributed by atoms with van der Waals surface area (Å²) in [5, 5.41) is 7.42. The summed E-state index contributed by atoms with van der Waals surface area (Å²) in [7, 11) is 0. The SMILES string of the molecule is O=C(CCNc1ccc2cccc(Br)c2n1)NC1CCCC1. The fraction of sp³-hybridized carbons (Fsp3) is 0.412. The summed E-state index contributed by atoms with van der Waals surface area (Å²) in [5.74, 6) is 0.925. The third-order valence-corrected chi connectivity index (χ3v) is 4.69. The molecule has 1 heterocycles. The number of aromatic nitrogens is 1. The van der Waals surface area contributed by atoms with Gasteiger partial charge in [0.2, 0.25) is 5.91 Å². The second-order valence-electron chi connectivity index (χ2n) is 5.73. The highest BCUT2D eigenvalue weighted by Crippen LogP contribution is 2.23. The molecule has 0 saturated heterocycles. The molecule has 0 spiro atoms. The Hall–Kier alpha value is -1.62. The zero-order valence-electron chi connectivity index (χ0n) is 12.4. The highest BCUT2D eigenvalue weighted by molar-refractivity contribution is 9.10. The van der Waals surface area contributed by atoms with Gasteiger partial charge in [-0.1, -0.05) is 25.0 Å². The van der Waals surface area contributed by atoms with Crippen molar-refractivity contribution in [3.05, 3.63) is 34.8 Å². The number of anilines is 1. The molecule has 0 aliphatic heterocycles. The molecule has 116 valence electrons. The predicted octanol–water partition coefficient (Wildman–Crippen LogP) is 3.86. The Morgan fingerprint density at radius 1 is 1.23 bits per heavy atom. The third kappa shape index (κ3) is 3.77. The zero-order chi connectivity index (χ0) is 15.4. The zero-order valence-corrected chi connectivity index (χ0v) is 14.0. The molecule has 0 atom stereocenters.